The van der Waals surface area contributed by atoms with E-state index in [0.29, 0.717) is 13.0 Å². The molecule has 2 heterocycles. The molecule has 1 unspecified atom stereocenters. The molecule has 5 nitrogen and oxygen atoms in total. The lowest BCUT2D eigenvalue weighted by Gasteiger charge is -2.17. The molecular weight excluding hydrogens is 314 g/mol. The third kappa shape index (κ3) is 5.14. The van der Waals surface area contributed by atoms with E-state index in [4.69, 9.17) is 0 Å². The van der Waals surface area contributed by atoms with Crippen molar-refractivity contribution in [1.82, 2.24) is 15.2 Å². The zero-order valence-corrected chi connectivity index (χ0v) is 14.2. The van der Waals surface area contributed by atoms with Gasteiger partial charge in [-0.2, -0.15) is 0 Å². The van der Waals surface area contributed by atoms with Gasteiger partial charge in [-0.1, -0.05) is 36.4 Å². The number of nitrogens with one attached hydrogen (secondary N) is 1. The van der Waals surface area contributed by atoms with Crippen LogP contribution in [0.25, 0.3) is 0 Å². The van der Waals surface area contributed by atoms with Crippen LogP contribution in [0.15, 0.2) is 54.7 Å². The summed E-state index contributed by atoms with van der Waals surface area (Å²) in [7, 11) is 0. The van der Waals surface area contributed by atoms with Crippen LogP contribution in [-0.2, 0) is 22.4 Å². The first-order valence-corrected chi connectivity index (χ1v) is 8.71. The number of aromatic nitrogens is 1. The van der Waals surface area contributed by atoms with Crippen molar-refractivity contribution in [2.75, 3.05) is 13.1 Å². The lowest BCUT2D eigenvalue weighted by atomic mass is 10.1. The summed E-state index contributed by atoms with van der Waals surface area (Å²) in [5.74, 6) is 0.0406. The smallest absolute Gasteiger partial charge is 0.226 e. The quantitative estimate of drug-likeness (QED) is 0.840. The number of carbonyl (C=O) groups is 2. The molecule has 5 heteroatoms. The first-order chi connectivity index (χ1) is 12.2. The van der Waals surface area contributed by atoms with Gasteiger partial charge in [0.2, 0.25) is 11.8 Å². The van der Waals surface area contributed by atoms with Crippen molar-refractivity contribution >= 4 is 11.8 Å². The molecule has 1 fully saturated rings. The Morgan fingerprint density at radius 3 is 2.72 bits per heavy atom. The maximum atomic E-state index is 12.1. The second-order valence-electron chi connectivity index (χ2n) is 6.40. The Labute approximate surface area is 148 Å². The molecule has 0 saturated carbocycles. The third-order valence-electron chi connectivity index (χ3n) is 4.38. The monoisotopic (exact) mass is 337 g/mol. The van der Waals surface area contributed by atoms with Crippen LogP contribution in [-0.4, -0.2) is 40.8 Å². The second kappa shape index (κ2) is 8.42. The van der Waals surface area contributed by atoms with Gasteiger partial charge in [-0.25, -0.2) is 0 Å². The minimum atomic E-state index is -0.0968. The molecule has 1 atom stereocenters. The first kappa shape index (κ1) is 17.1. The lowest BCUT2D eigenvalue weighted by molar-refractivity contribution is -0.127. The zero-order valence-electron chi connectivity index (χ0n) is 14.2. The Kier molecular flexibility index (Phi) is 5.77. The van der Waals surface area contributed by atoms with Crippen LogP contribution in [0.1, 0.15) is 24.1 Å². The molecule has 0 bridgehead atoms. The van der Waals surface area contributed by atoms with Gasteiger partial charge in [0.15, 0.2) is 0 Å². The fourth-order valence-electron chi connectivity index (χ4n) is 3.15. The zero-order chi connectivity index (χ0) is 17.5. The van der Waals surface area contributed by atoms with Gasteiger partial charge < -0.3 is 10.2 Å². The fourth-order valence-corrected chi connectivity index (χ4v) is 3.15. The maximum Gasteiger partial charge on any atom is 0.226 e. The highest BCUT2D eigenvalue weighted by molar-refractivity contribution is 5.83. The first-order valence-electron chi connectivity index (χ1n) is 8.71. The van der Waals surface area contributed by atoms with Crippen LogP contribution in [0.5, 0.6) is 0 Å². The van der Waals surface area contributed by atoms with Crippen LogP contribution in [0, 0.1) is 0 Å². The van der Waals surface area contributed by atoms with Crippen LogP contribution in [0.4, 0.5) is 0 Å². The summed E-state index contributed by atoms with van der Waals surface area (Å²) >= 11 is 0. The number of hydrogen-bond acceptors (Lipinski definition) is 3. The van der Waals surface area contributed by atoms with Gasteiger partial charge in [0, 0.05) is 31.4 Å². The summed E-state index contributed by atoms with van der Waals surface area (Å²) in [6, 6.07) is 15.7. The number of benzene rings is 1. The van der Waals surface area contributed by atoms with E-state index in [9.17, 15) is 9.59 Å². The number of nitrogens with zero attached hydrogens (tertiary/aromatic N) is 2. The highest BCUT2D eigenvalue weighted by Gasteiger charge is 2.30. The predicted octanol–water partition coefficient (Wildman–Crippen LogP) is 1.97. The van der Waals surface area contributed by atoms with Crippen molar-refractivity contribution in [2.45, 2.75) is 31.7 Å². The molecule has 0 radical (unpaired) electrons. The average molecular weight is 337 g/mol. The van der Waals surface area contributed by atoms with Gasteiger partial charge in [0.25, 0.3) is 0 Å². The maximum absolute atomic E-state index is 12.1. The minimum absolute atomic E-state index is 0.0809. The highest BCUT2D eigenvalue weighted by atomic mass is 16.2. The fraction of sp³-hybridized carbons (Fsp3) is 0.350. The van der Waals surface area contributed by atoms with Crippen molar-refractivity contribution in [3.8, 4) is 0 Å². The molecule has 3 rings (SSSR count). The molecule has 1 aliphatic heterocycles. The standard InChI is InChI=1S/C20H23N3O2/c24-19(13-17-10-4-5-11-21-17)22-18-14-20(25)23(15-18)12-6-9-16-7-2-1-3-8-16/h1-5,7-8,10-11,18H,6,9,12-15H2,(H,22,24). The summed E-state index contributed by atoms with van der Waals surface area (Å²) in [6.07, 6.45) is 4.21. The van der Waals surface area contributed by atoms with Crippen LogP contribution < -0.4 is 5.32 Å². The molecule has 1 aromatic carbocycles. The van der Waals surface area contributed by atoms with Gasteiger partial charge in [-0.05, 0) is 30.5 Å². The number of rotatable bonds is 7. The normalized spacial score (nSPS) is 16.9. The number of amides is 2. The minimum Gasteiger partial charge on any atom is -0.351 e. The molecule has 1 aliphatic rings. The lowest BCUT2D eigenvalue weighted by Crippen LogP contribution is -2.38. The SMILES string of the molecule is O=C(Cc1ccccn1)NC1CC(=O)N(CCCc2ccccc2)C1. The Morgan fingerprint density at radius 1 is 1.16 bits per heavy atom. The molecule has 130 valence electrons. The number of likely N-dealkylation sites (tertiary alicyclic amines) is 1. The van der Waals surface area contributed by atoms with E-state index < -0.39 is 0 Å². The summed E-state index contributed by atoms with van der Waals surface area (Å²) in [5.41, 5.74) is 2.03. The van der Waals surface area contributed by atoms with Crippen molar-refractivity contribution in [1.29, 1.82) is 0 Å². The summed E-state index contributed by atoms with van der Waals surface area (Å²) in [6.45, 7) is 1.34. The topological polar surface area (TPSA) is 62.3 Å². The van der Waals surface area contributed by atoms with Gasteiger partial charge in [0.1, 0.15) is 0 Å². The number of pyridine rings is 1. The van der Waals surface area contributed by atoms with Crippen molar-refractivity contribution < 1.29 is 9.59 Å². The molecule has 0 aliphatic carbocycles. The molecule has 2 aromatic rings. The van der Waals surface area contributed by atoms with E-state index in [-0.39, 0.29) is 24.3 Å². The van der Waals surface area contributed by atoms with Crippen LogP contribution in [0.3, 0.4) is 0 Å². The number of carbonyl (C=O) groups excluding carboxylic acids is 2. The van der Waals surface area contributed by atoms with Crippen molar-refractivity contribution in [3.05, 3.63) is 66.0 Å². The van der Waals surface area contributed by atoms with Crippen molar-refractivity contribution in [3.63, 3.8) is 0 Å². The van der Waals surface area contributed by atoms with E-state index >= 15 is 0 Å². The average Bonchev–Trinajstić information content (AvgIpc) is 2.96. The predicted molar refractivity (Wildman–Crippen MR) is 95.8 cm³/mol. The molecule has 1 aromatic heterocycles. The van der Waals surface area contributed by atoms with Crippen LogP contribution >= 0.6 is 0 Å². The van der Waals surface area contributed by atoms with E-state index in [1.54, 1.807) is 6.20 Å². The van der Waals surface area contributed by atoms with Gasteiger partial charge in [-0.15, -0.1) is 0 Å². The van der Waals surface area contributed by atoms with E-state index in [1.807, 2.05) is 41.3 Å². The summed E-state index contributed by atoms with van der Waals surface area (Å²) in [5, 5.41) is 2.95. The molecule has 2 amide bonds. The number of hydrogen-bond donors (Lipinski definition) is 1. The van der Waals surface area contributed by atoms with Crippen molar-refractivity contribution in [2.24, 2.45) is 0 Å². The largest absolute Gasteiger partial charge is 0.351 e. The summed E-state index contributed by atoms with van der Waals surface area (Å²) < 4.78 is 0. The molecule has 25 heavy (non-hydrogen) atoms. The Hall–Kier alpha value is -2.69. The molecule has 1 N–H and O–H groups in total. The third-order valence-corrected chi connectivity index (χ3v) is 4.38. The summed E-state index contributed by atoms with van der Waals surface area (Å²) in [4.78, 5) is 30.2. The van der Waals surface area contributed by atoms with Gasteiger partial charge in [-0.3, -0.25) is 14.6 Å². The Bertz CT molecular complexity index is 703. The molecule has 1 saturated heterocycles. The molecular formula is C20H23N3O2. The highest BCUT2D eigenvalue weighted by Crippen LogP contribution is 2.13. The Balaban J connectivity index is 1.41. The Morgan fingerprint density at radius 2 is 1.96 bits per heavy atom. The number of aryl methyl sites for hydroxylation is 1. The van der Waals surface area contributed by atoms with E-state index in [2.05, 4.69) is 22.4 Å². The molecule has 0 spiro atoms. The van der Waals surface area contributed by atoms with E-state index in [1.165, 1.54) is 5.56 Å². The second-order valence-corrected chi connectivity index (χ2v) is 6.40. The van der Waals surface area contributed by atoms with Crippen LogP contribution in [0.2, 0.25) is 0 Å². The van der Waals surface area contributed by atoms with E-state index in [0.717, 1.165) is 25.1 Å². The van der Waals surface area contributed by atoms with Gasteiger partial charge >= 0.3 is 0 Å². The van der Waals surface area contributed by atoms with Gasteiger partial charge in [0.05, 0.1) is 12.5 Å².